The van der Waals surface area contributed by atoms with Crippen molar-refractivity contribution in [2.24, 2.45) is 0 Å². The third-order valence-corrected chi connectivity index (χ3v) is 3.59. The molecule has 1 nitrogen and oxygen atoms in total. The second-order valence-corrected chi connectivity index (χ2v) is 5.76. The summed E-state index contributed by atoms with van der Waals surface area (Å²) in [7, 11) is 0. The van der Waals surface area contributed by atoms with E-state index in [1.165, 1.54) is 16.0 Å². The van der Waals surface area contributed by atoms with Gasteiger partial charge in [0.05, 0.1) is 12.5 Å². The molecule has 0 amide bonds. The molecule has 0 aliphatic heterocycles. The van der Waals surface area contributed by atoms with Crippen LogP contribution in [0.4, 0.5) is 0 Å². The fourth-order valence-corrected chi connectivity index (χ4v) is 2.22. The van der Waals surface area contributed by atoms with Crippen LogP contribution in [-0.4, -0.2) is 0 Å². The highest BCUT2D eigenvalue weighted by molar-refractivity contribution is 7.09. The summed E-state index contributed by atoms with van der Waals surface area (Å²) >= 11 is 3.52. The molecule has 0 aliphatic rings. The Morgan fingerprint density at radius 3 is 1.94 bits per heavy atom. The van der Waals surface area contributed by atoms with Crippen molar-refractivity contribution < 1.29 is 4.42 Å². The average molecular weight is 278 g/mol. The second-order valence-electron chi connectivity index (χ2n) is 3.83. The van der Waals surface area contributed by atoms with Crippen LogP contribution in [0.25, 0.3) is 0 Å². The Morgan fingerprint density at radius 1 is 0.944 bits per heavy atom. The number of hydrogen-bond acceptors (Lipinski definition) is 3. The molecule has 0 N–H and O–H groups in total. The molecule has 0 aliphatic carbocycles. The minimum Gasteiger partial charge on any atom is -0.472 e. The molecule has 0 atom stereocenters. The van der Waals surface area contributed by atoms with Crippen LogP contribution in [0.3, 0.4) is 0 Å². The number of rotatable bonds is 0. The Labute approximate surface area is 117 Å². The van der Waals surface area contributed by atoms with Gasteiger partial charge in [-0.3, -0.25) is 0 Å². The third kappa shape index (κ3) is 7.09. The van der Waals surface area contributed by atoms with E-state index in [0.717, 1.165) is 0 Å². The van der Waals surface area contributed by atoms with Crippen molar-refractivity contribution in [3.8, 4) is 0 Å². The van der Waals surface area contributed by atoms with Gasteiger partial charge in [-0.05, 0) is 66.2 Å². The van der Waals surface area contributed by atoms with E-state index in [1.54, 1.807) is 35.2 Å². The molecule has 0 saturated carbocycles. The monoisotopic (exact) mass is 278 g/mol. The van der Waals surface area contributed by atoms with Crippen LogP contribution in [0.2, 0.25) is 0 Å². The van der Waals surface area contributed by atoms with Gasteiger partial charge in [-0.25, -0.2) is 0 Å². The molecule has 3 aromatic heterocycles. The Kier molecular flexibility index (Phi) is 7.14. The smallest absolute Gasteiger partial charge is 0.0931 e. The molecule has 0 fully saturated rings. The van der Waals surface area contributed by atoms with Gasteiger partial charge in [0.2, 0.25) is 0 Å². The van der Waals surface area contributed by atoms with Gasteiger partial charge in [0, 0.05) is 4.88 Å². The highest BCUT2D eigenvalue weighted by atomic mass is 32.1. The predicted octanol–water partition coefficient (Wildman–Crippen LogP) is 5.70. The lowest BCUT2D eigenvalue weighted by molar-refractivity contribution is 0.565. The van der Waals surface area contributed by atoms with Crippen molar-refractivity contribution >= 4 is 22.7 Å². The zero-order valence-corrected chi connectivity index (χ0v) is 12.6. The van der Waals surface area contributed by atoms with Gasteiger partial charge >= 0.3 is 0 Å². The summed E-state index contributed by atoms with van der Waals surface area (Å²) in [4.78, 5) is 1.38. The van der Waals surface area contributed by atoms with E-state index in [1.807, 2.05) is 13.0 Å². The number of aryl methyl sites for hydroxylation is 3. The molecule has 0 unspecified atom stereocenters. The topological polar surface area (TPSA) is 13.1 Å². The van der Waals surface area contributed by atoms with Crippen LogP contribution in [0.1, 0.15) is 16.0 Å². The summed E-state index contributed by atoms with van der Waals surface area (Å²) in [6.07, 6.45) is 3.37. The van der Waals surface area contributed by atoms with Crippen molar-refractivity contribution in [2.45, 2.75) is 20.8 Å². The quantitative estimate of drug-likeness (QED) is 0.514. The highest BCUT2D eigenvalue weighted by Crippen LogP contribution is 2.03. The molecule has 3 heteroatoms. The first-order valence-corrected chi connectivity index (χ1v) is 7.48. The molecular formula is C15H18OS2. The van der Waals surface area contributed by atoms with Gasteiger partial charge in [0.25, 0.3) is 0 Å². The molecule has 96 valence electrons. The minimum atomic E-state index is 1.18. The summed E-state index contributed by atoms with van der Waals surface area (Å²) in [5.41, 5.74) is 2.54. The van der Waals surface area contributed by atoms with Crippen LogP contribution < -0.4 is 0 Å². The van der Waals surface area contributed by atoms with Gasteiger partial charge in [-0.1, -0.05) is 6.07 Å². The molecule has 3 heterocycles. The lowest BCUT2D eigenvalue weighted by Crippen LogP contribution is -1.48. The molecule has 3 rings (SSSR count). The molecule has 0 aromatic carbocycles. The first-order valence-electron chi connectivity index (χ1n) is 5.66. The Hall–Kier alpha value is -1.32. The Balaban J connectivity index is 0.000000135. The molecule has 0 saturated heterocycles. The molecular weight excluding hydrogens is 260 g/mol. The zero-order valence-electron chi connectivity index (χ0n) is 10.9. The maximum absolute atomic E-state index is 4.71. The van der Waals surface area contributed by atoms with Gasteiger partial charge in [-0.15, -0.1) is 11.3 Å². The van der Waals surface area contributed by atoms with E-state index in [0.29, 0.717) is 0 Å². The summed E-state index contributed by atoms with van der Waals surface area (Å²) in [6.45, 7) is 6.19. The van der Waals surface area contributed by atoms with E-state index in [4.69, 9.17) is 4.42 Å². The molecule has 0 spiro atoms. The van der Waals surface area contributed by atoms with E-state index >= 15 is 0 Å². The van der Waals surface area contributed by atoms with E-state index in [2.05, 4.69) is 48.2 Å². The van der Waals surface area contributed by atoms with E-state index < -0.39 is 0 Å². The van der Waals surface area contributed by atoms with Crippen LogP contribution in [0, 0.1) is 20.8 Å². The standard InChI is InChI=1S/C5H6O.2C5H6S/c2*1-5-2-3-6-4-5;1-5-3-2-4-6-5/h3*2-4H,1H3. The van der Waals surface area contributed by atoms with Gasteiger partial charge in [0.1, 0.15) is 0 Å². The second kappa shape index (κ2) is 8.72. The summed E-state index contributed by atoms with van der Waals surface area (Å²) in [6, 6.07) is 8.18. The molecule has 3 aromatic rings. The van der Waals surface area contributed by atoms with Crippen molar-refractivity contribution in [1.82, 2.24) is 0 Å². The van der Waals surface area contributed by atoms with Crippen molar-refractivity contribution in [1.29, 1.82) is 0 Å². The highest BCUT2D eigenvalue weighted by Gasteiger charge is 1.76. The van der Waals surface area contributed by atoms with Crippen LogP contribution in [0.15, 0.2) is 57.3 Å². The van der Waals surface area contributed by atoms with E-state index in [9.17, 15) is 0 Å². The summed E-state index contributed by atoms with van der Waals surface area (Å²) in [5, 5.41) is 6.28. The molecule has 18 heavy (non-hydrogen) atoms. The Bertz CT molecular complexity index is 402. The number of thiophene rings is 2. The maximum atomic E-state index is 4.71. The van der Waals surface area contributed by atoms with Crippen molar-refractivity contribution in [3.63, 3.8) is 0 Å². The van der Waals surface area contributed by atoms with E-state index in [-0.39, 0.29) is 0 Å². The van der Waals surface area contributed by atoms with Crippen LogP contribution in [-0.2, 0) is 0 Å². The lowest BCUT2D eigenvalue weighted by atomic mass is 10.4. The average Bonchev–Trinajstić information content (AvgIpc) is 3.05. The molecule has 0 bridgehead atoms. The largest absolute Gasteiger partial charge is 0.472 e. The van der Waals surface area contributed by atoms with Gasteiger partial charge in [-0.2, -0.15) is 11.3 Å². The van der Waals surface area contributed by atoms with Crippen molar-refractivity contribution in [2.75, 3.05) is 0 Å². The first kappa shape index (κ1) is 14.7. The number of hydrogen-bond donors (Lipinski definition) is 0. The minimum absolute atomic E-state index is 1.18. The maximum Gasteiger partial charge on any atom is 0.0931 e. The zero-order chi connectivity index (χ0) is 13.2. The normalized spacial score (nSPS) is 8.83. The first-order chi connectivity index (χ1) is 8.68. The summed E-state index contributed by atoms with van der Waals surface area (Å²) in [5.74, 6) is 0. The van der Waals surface area contributed by atoms with Crippen LogP contribution >= 0.6 is 22.7 Å². The fourth-order valence-electron chi connectivity index (χ4n) is 1.03. The fraction of sp³-hybridized carbons (Fsp3) is 0.200. The van der Waals surface area contributed by atoms with Crippen LogP contribution in [0.5, 0.6) is 0 Å². The van der Waals surface area contributed by atoms with Crippen molar-refractivity contribution in [3.05, 3.63) is 68.9 Å². The SMILES string of the molecule is Cc1cccs1.Cc1ccoc1.Cc1ccsc1. The Morgan fingerprint density at radius 2 is 1.78 bits per heavy atom. The van der Waals surface area contributed by atoms with Gasteiger partial charge in [0.15, 0.2) is 0 Å². The lowest BCUT2D eigenvalue weighted by Gasteiger charge is -1.65. The predicted molar refractivity (Wildman–Crippen MR) is 81.6 cm³/mol. The summed E-state index contributed by atoms with van der Waals surface area (Å²) < 4.78 is 4.71. The third-order valence-electron chi connectivity index (χ3n) is 1.99. The number of furan rings is 1. The molecule has 0 radical (unpaired) electrons. The van der Waals surface area contributed by atoms with Gasteiger partial charge < -0.3 is 4.42 Å².